The van der Waals surface area contributed by atoms with Gasteiger partial charge >= 0.3 is 0 Å². The van der Waals surface area contributed by atoms with Gasteiger partial charge in [0.25, 0.3) is 0 Å². The Balaban J connectivity index is 1.64. The Morgan fingerprint density at radius 1 is 1.44 bits per heavy atom. The van der Waals surface area contributed by atoms with Gasteiger partial charge in [0, 0.05) is 17.5 Å². The highest BCUT2D eigenvalue weighted by Crippen LogP contribution is 2.14. The molecule has 3 heteroatoms. The third-order valence-electron chi connectivity index (χ3n) is 3.85. The van der Waals surface area contributed by atoms with Crippen molar-refractivity contribution in [3.63, 3.8) is 0 Å². The Morgan fingerprint density at radius 2 is 2.39 bits per heavy atom. The highest BCUT2D eigenvalue weighted by Gasteiger charge is 2.12. The van der Waals surface area contributed by atoms with Crippen molar-refractivity contribution < 1.29 is 0 Å². The molecule has 0 bridgehead atoms. The van der Waals surface area contributed by atoms with Crippen molar-refractivity contribution in [1.82, 2.24) is 10.2 Å². The van der Waals surface area contributed by atoms with Crippen LogP contribution in [0.5, 0.6) is 0 Å². The van der Waals surface area contributed by atoms with Gasteiger partial charge in [-0.2, -0.15) is 0 Å². The van der Waals surface area contributed by atoms with E-state index < -0.39 is 0 Å². The molecule has 2 nitrogen and oxygen atoms in total. The molecule has 2 rings (SSSR count). The zero-order valence-electron chi connectivity index (χ0n) is 11.5. The molecule has 0 amide bonds. The molecule has 2 heterocycles. The number of hydrogen-bond donors (Lipinski definition) is 1. The first-order valence-electron chi connectivity index (χ1n) is 7.36. The van der Waals surface area contributed by atoms with E-state index in [0.29, 0.717) is 0 Å². The molecule has 1 N–H and O–H groups in total. The SMILES string of the molecule is CCN(CCCC1CCCCN1)Cc1cccs1. The van der Waals surface area contributed by atoms with Crippen LogP contribution in [0.25, 0.3) is 0 Å². The van der Waals surface area contributed by atoms with Crippen molar-refractivity contribution in [2.24, 2.45) is 0 Å². The molecule has 1 aliphatic heterocycles. The third kappa shape index (κ3) is 4.71. The minimum absolute atomic E-state index is 0.791. The van der Waals surface area contributed by atoms with E-state index in [4.69, 9.17) is 0 Å². The predicted octanol–water partition coefficient (Wildman–Crippen LogP) is 3.49. The van der Waals surface area contributed by atoms with Crippen LogP contribution in [0.2, 0.25) is 0 Å². The van der Waals surface area contributed by atoms with Crippen molar-refractivity contribution in [3.05, 3.63) is 22.4 Å². The Labute approximate surface area is 115 Å². The van der Waals surface area contributed by atoms with E-state index >= 15 is 0 Å². The van der Waals surface area contributed by atoms with Crippen molar-refractivity contribution in [3.8, 4) is 0 Å². The van der Waals surface area contributed by atoms with E-state index in [2.05, 4.69) is 34.7 Å². The van der Waals surface area contributed by atoms with E-state index in [-0.39, 0.29) is 0 Å². The maximum Gasteiger partial charge on any atom is 0.0327 e. The minimum Gasteiger partial charge on any atom is -0.314 e. The van der Waals surface area contributed by atoms with Crippen LogP contribution in [0.1, 0.15) is 43.9 Å². The maximum atomic E-state index is 3.64. The van der Waals surface area contributed by atoms with Crippen LogP contribution in [-0.4, -0.2) is 30.6 Å². The number of rotatable bonds is 7. The second kappa shape index (κ2) is 7.93. The number of nitrogens with one attached hydrogen (secondary N) is 1. The van der Waals surface area contributed by atoms with Crippen LogP contribution in [0.4, 0.5) is 0 Å². The number of piperidine rings is 1. The minimum atomic E-state index is 0.791. The molecule has 0 aromatic carbocycles. The summed E-state index contributed by atoms with van der Waals surface area (Å²) in [6.07, 6.45) is 6.86. The zero-order valence-corrected chi connectivity index (χ0v) is 12.3. The Bertz CT molecular complexity index is 304. The molecular weight excluding hydrogens is 240 g/mol. The van der Waals surface area contributed by atoms with Gasteiger partial charge in [0.2, 0.25) is 0 Å². The summed E-state index contributed by atoms with van der Waals surface area (Å²) in [5, 5.41) is 5.82. The molecule has 1 unspecified atom stereocenters. The Hall–Kier alpha value is -0.380. The van der Waals surface area contributed by atoms with Gasteiger partial charge in [-0.15, -0.1) is 11.3 Å². The first kappa shape index (κ1) is 14.0. The number of thiophene rings is 1. The lowest BCUT2D eigenvalue weighted by molar-refractivity contribution is 0.264. The molecule has 1 saturated heterocycles. The molecule has 1 aliphatic rings. The van der Waals surface area contributed by atoms with Gasteiger partial charge in [-0.3, -0.25) is 4.90 Å². The normalized spacial score (nSPS) is 20.4. The van der Waals surface area contributed by atoms with Crippen LogP contribution in [0, 0.1) is 0 Å². The molecule has 0 radical (unpaired) electrons. The average Bonchev–Trinajstić information content (AvgIpc) is 2.92. The van der Waals surface area contributed by atoms with E-state index in [1.165, 1.54) is 50.1 Å². The lowest BCUT2D eigenvalue weighted by atomic mass is 10.0. The smallest absolute Gasteiger partial charge is 0.0327 e. The fraction of sp³-hybridized carbons (Fsp3) is 0.733. The largest absolute Gasteiger partial charge is 0.314 e. The van der Waals surface area contributed by atoms with Crippen molar-refractivity contribution in [2.45, 2.75) is 51.6 Å². The first-order valence-corrected chi connectivity index (χ1v) is 8.24. The van der Waals surface area contributed by atoms with Gasteiger partial charge in [-0.05, 0) is 56.8 Å². The molecule has 0 aliphatic carbocycles. The summed E-state index contributed by atoms with van der Waals surface area (Å²) in [5.41, 5.74) is 0. The molecule has 1 atom stereocenters. The van der Waals surface area contributed by atoms with Gasteiger partial charge < -0.3 is 5.32 Å². The van der Waals surface area contributed by atoms with Gasteiger partial charge in [0.05, 0.1) is 0 Å². The number of hydrogen-bond acceptors (Lipinski definition) is 3. The molecule has 0 saturated carbocycles. The zero-order chi connectivity index (χ0) is 12.6. The second-order valence-corrected chi connectivity index (χ2v) is 6.27. The fourth-order valence-corrected chi connectivity index (χ4v) is 3.45. The Morgan fingerprint density at radius 3 is 3.06 bits per heavy atom. The van der Waals surface area contributed by atoms with Crippen LogP contribution in [0.15, 0.2) is 17.5 Å². The molecule has 0 spiro atoms. The topological polar surface area (TPSA) is 15.3 Å². The average molecular weight is 266 g/mol. The predicted molar refractivity (Wildman–Crippen MR) is 80.1 cm³/mol. The molecular formula is C15H26N2S. The lowest BCUT2D eigenvalue weighted by Gasteiger charge is -2.25. The summed E-state index contributed by atoms with van der Waals surface area (Å²) in [6, 6.07) is 5.19. The van der Waals surface area contributed by atoms with Crippen LogP contribution >= 0.6 is 11.3 Å². The summed E-state index contributed by atoms with van der Waals surface area (Å²) < 4.78 is 0. The monoisotopic (exact) mass is 266 g/mol. The quantitative estimate of drug-likeness (QED) is 0.812. The summed E-state index contributed by atoms with van der Waals surface area (Å²) in [5.74, 6) is 0. The molecule has 1 aromatic rings. The van der Waals surface area contributed by atoms with E-state index in [9.17, 15) is 0 Å². The van der Waals surface area contributed by atoms with Crippen LogP contribution in [-0.2, 0) is 6.54 Å². The standard InChI is InChI=1S/C15H26N2S/c1-2-17(13-15-9-6-12-18-15)11-5-8-14-7-3-4-10-16-14/h6,9,12,14,16H,2-5,7-8,10-11,13H2,1H3. The Kier molecular flexibility index (Phi) is 6.18. The molecule has 1 fully saturated rings. The van der Waals surface area contributed by atoms with Gasteiger partial charge in [0.1, 0.15) is 0 Å². The van der Waals surface area contributed by atoms with Crippen LogP contribution in [0.3, 0.4) is 0 Å². The summed E-state index contributed by atoms with van der Waals surface area (Å²) in [4.78, 5) is 4.06. The second-order valence-electron chi connectivity index (χ2n) is 5.24. The molecule has 1 aromatic heterocycles. The van der Waals surface area contributed by atoms with E-state index in [1.54, 1.807) is 0 Å². The van der Waals surface area contributed by atoms with E-state index in [0.717, 1.165) is 19.1 Å². The van der Waals surface area contributed by atoms with Crippen molar-refractivity contribution in [1.29, 1.82) is 0 Å². The lowest BCUT2D eigenvalue weighted by Crippen LogP contribution is -2.34. The fourth-order valence-electron chi connectivity index (χ4n) is 2.70. The van der Waals surface area contributed by atoms with Crippen molar-refractivity contribution in [2.75, 3.05) is 19.6 Å². The summed E-state index contributed by atoms with van der Waals surface area (Å²) in [7, 11) is 0. The highest BCUT2D eigenvalue weighted by atomic mass is 32.1. The van der Waals surface area contributed by atoms with E-state index in [1.807, 2.05) is 11.3 Å². The summed E-state index contributed by atoms with van der Waals surface area (Å²) in [6.45, 7) is 7.04. The number of nitrogens with zero attached hydrogens (tertiary/aromatic N) is 1. The van der Waals surface area contributed by atoms with Gasteiger partial charge in [-0.25, -0.2) is 0 Å². The van der Waals surface area contributed by atoms with Gasteiger partial charge in [-0.1, -0.05) is 19.4 Å². The van der Waals surface area contributed by atoms with Crippen molar-refractivity contribution >= 4 is 11.3 Å². The third-order valence-corrected chi connectivity index (χ3v) is 4.71. The summed E-state index contributed by atoms with van der Waals surface area (Å²) >= 11 is 1.87. The molecule has 102 valence electrons. The highest BCUT2D eigenvalue weighted by molar-refractivity contribution is 7.09. The first-order chi connectivity index (χ1) is 8.88. The maximum absolute atomic E-state index is 3.64. The van der Waals surface area contributed by atoms with Gasteiger partial charge in [0.15, 0.2) is 0 Å². The molecule has 18 heavy (non-hydrogen) atoms. The van der Waals surface area contributed by atoms with Crippen LogP contribution < -0.4 is 5.32 Å².